The predicted molar refractivity (Wildman–Crippen MR) is 360 cm³/mol. The minimum absolute atomic E-state index is 0.355. The zero-order valence-corrected chi connectivity index (χ0v) is 47.4. The summed E-state index contributed by atoms with van der Waals surface area (Å²) < 4.78 is 52.3. The molecule has 87 heavy (non-hydrogen) atoms. The van der Waals surface area contributed by atoms with Crippen molar-refractivity contribution in [3.05, 3.63) is 303 Å². The van der Waals surface area contributed by atoms with Crippen molar-refractivity contribution in [1.29, 1.82) is 0 Å². The fraction of sp³-hybridized carbons (Fsp3) is 0. The lowest BCUT2D eigenvalue weighted by molar-refractivity contribution is 0.631. The van der Waals surface area contributed by atoms with Crippen LogP contribution in [0.1, 0.15) is 0 Å². The number of rotatable bonds is 10. The molecule has 3 aromatic heterocycles. The second-order valence-corrected chi connectivity index (χ2v) is 23.2. The molecule has 0 aliphatic heterocycles. The van der Waals surface area contributed by atoms with Gasteiger partial charge in [-0.1, -0.05) is 218 Å². The lowest BCUT2D eigenvalue weighted by Gasteiger charge is -2.28. The Labute approximate surface area is 502 Å². The molecule has 7 heteroatoms. The molecule has 0 unspecified atom stereocenters. The first-order valence-corrected chi connectivity index (χ1v) is 29.9. The summed E-state index contributed by atoms with van der Waals surface area (Å²) in [5, 5.41) is 10.3. The van der Waals surface area contributed by atoms with E-state index in [0.717, 1.165) is 119 Å². The molecule has 0 bridgehead atoms. The Morgan fingerprint density at radius 1 is 0.276 bits per heavy atom. The summed E-state index contributed by atoms with van der Waals surface area (Å²) in [7, 11) is 0. The molecule has 0 saturated heterocycles. The monoisotopic (exact) mass is 1140 g/mol. The molecule has 0 saturated carbocycles. The van der Waals surface area contributed by atoms with Gasteiger partial charge in [0.15, 0.2) is 22.8 Å². The van der Waals surface area contributed by atoms with E-state index in [1.807, 2.05) is 192 Å². The SMILES string of the molecule is Fc1c(-c2ccccc2)cc(-c2ccccc2)cc1N(c1ccc2c(c1)sc1c3ccc(N(c4cc(-c5ccccc5)cc(-c5ccccc5)c4F)c4cccc5c4oc4ccccc45)cc3c3ccccc3c21)c1cccc2c1oc1ccccc12. The first-order valence-electron chi connectivity index (χ1n) is 29.1. The average molecular weight is 1140 g/mol. The molecule has 0 N–H and O–H groups in total. The quantitative estimate of drug-likeness (QED) is 0.128. The Morgan fingerprint density at radius 3 is 1.20 bits per heavy atom. The first-order chi connectivity index (χ1) is 43.0. The Morgan fingerprint density at radius 2 is 0.690 bits per heavy atom. The molecule has 0 fully saturated rings. The average Bonchev–Trinajstić information content (AvgIpc) is 1.92. The van der Waals surface area contributed by atoms with E-state index >= 15 is 8.78 Å². The van der Waals surface area contributed by atoms with E-state index in [-0.39, 0.29) is 11.6 Å². The number of benzene rings is 14. The van der Waals surface area contributed by atoms with Crippen molar-refractivity contribution in [1.82, 2.24) is 0 Å². The highest BCUT2D eigenvalue weighted by Crippen LogP contribution is 2.52. The van der Waals surface area contributed by atoms with Crippen LogP contribution in [0.3, 0.4) is 0 Å². The smallest absolute Gasteiger partial charge is 0.159 e. The van der Waals surface area contributed by atoms with Crippen molar-refractivity contribution in [3.8, 4) is 44.5 Å². The molecule has 3 heterocycles. The van der Waals surface area contributed by atoms with Crippen molar-refractivity contribution in [2.75, 3.05) is 9.80 Å². The summed E-state index contributed by atoms with van der Waals surface area (Å²) in [6.07, 6.45) is 0. The maximum absolute atomic E-state index is 18.3. The molecule has 0 atom stereocenters. The molecule has 17 aromatic rings. The molecule has 0 aliphatic carbocycles. The highest BCUT2D eigenvalue weighted by molar-refractivity contribution is 7.27. The van der Waals surface area contributed by atoms with Gasteiger partial charge in [0.25, 0.3) is 0 Å². The van der Waals surface area contributed by atoms with Crippen molar-refractivity contribution in [3.63, 3.8) is 0 Å². The summed E-state index contributed by atoms with van der Waals surface area (Å²) in [4.78, 5) is 4.08. The molecule has 0 aliphatic rings. The predicted octanol–water partition coefficient (Wildman–Crippen LogP) is 24.0. The lowest BCUT2D eigenvalue weighted by atomic mass is 9.95. The molecule has 410 valence electrons. The van der Waals surface area contributed by atoms with Crippen molar-refractivity contribution in [2.45, 2.75) is 0 Å². The van der Waals surface area contributed by atoms with Gasteiger partial charge in [-0.25, -0.2) is 8.78 Å². The Bertz CT molecular complexity index is 5560. The van der Waals surface area contributed by atoms with Crippen LogP contribution in [-0.2, 0) is 0 Å². The minimum atomic E-state index is -0.358. The second kappa shape index (κ2) is 20.3. The summed E-state index contributed by atoms with van der Waals surface area (Å²) in [6.45, 7) is 0. The van der Waals surface area contributed by atoms with Crippen LogP contribution in [-0.4, -0.2) is 0 Å². The Kier molecular flexibility index (Phi) is 11.8. The fourth-order valence-electron chi connectivity index (χ4n) is 13.1. The summed E-state index contributed by atoms with van der Waals surface area (Å²) in [5.41, 5.74) is 12.7. The van der Waals surface area contributed by atoms with Gasteiger partial charge < -0.3 is 18.6 Å². The minimum Gasteiger partial charge on any atom is -0.454 e. The van der Waals surface area contributed by atoms with Gasteiger partial charge in [-0.15, -0.1) is 11.3 Å². The van der Waals surface area contributed by atoms with E-state index in [0.29, 0.717) is 45.0 Å². The molecule has 0 radical (unpaired) electrons. The molecule has 0 amide bonds. The largest absolute Gasteiger partial charge is 0.454 e. The van der Waals surface area contributed by atoms with Crippen LogP contribution in [0.15, 0.2) is 300 Å². The van der Waals surface area contributed by atoms with Gasteiger partial charge in [-0.2, -0.15) is 0 Å². The molecule has 4 nitrogen and oxygen atoms in total. The fourth-order valence-corrected chi connectivity index (χ4v) is 14.4. The van der Waals surface area contributed by atoms with E-state index in [1.54, 1.807) is 11.3 Å². The lowest BCUT2D eigenvalue weighted by Crippen LogP contribution is -2.13. The molecular weight excluding hydrogens is 1090 g/mol. The third-order valence-electron chi connectivity index (χ3n) is 17.1. The molecule has 14 aromatic carbocycles. The van der Waals surface area contributed by atoms with Crippen LogP contribution in [0.2, 0.25) is 0 Å². The highest BCUT2D eigenvalue weighted by atomic mass is 32.1. The maximum atomic E-state index is 18.3. The van der Waals surface area contributed by atoms with E-state index < -0.39 is 0 Å². The normalized spacial score (nSPS) is 11.8. The van der Waals surface area contributed by atoms with Crippen LogP contribution in [0, 0.1) is 11.6 Å². The van der Waals surface area contributed by atoms with Crippen LogP contribution in [0.4, 0.5) is 42.9 Å². The van der Waals surface area contributed by atoms with E-state index in [1.165, 1.54) is 0 Å². The topological polar surface area (TPSA) is 32.8 Å². The second-order valence-electron chi connectivity index (χ2n) is 22.1. The van der Waals surface area contributed by atoms with E-state index in [4.69, 9.17) is 8.83 Å². The Hall–Kier alpha value is -11.1. The van der Waals surface area contributed by atoms with Gasteiger partial charge in [0, 0.05) is 69.6 Å². The number of hydrogen-bond donors (Lipinski definition) is 0. The van der Waals surface area contributed by atoms with Crippen molar-refractivity contribution < 1.29 is 17.6 Å². The molecule has 17 rings (SSSR count). The third kappa shape index (κ3) is 8.23. The summed E-state index contributed by atoms with van der Waals surface area (Å²) in [6, 6.07) is 97.8. The van der Waals surface area contributed by atoms with Gasteiger partial charge in [-0.3, -0.25) is 0 Å². The van der Waals surface area contributed by atoms with Gasteiger partial charge in [-0.05, 0) is 122 Å². The van der Waals surface area contributed by atoms with Gasteiger partial charge in [0.2, 0.25) is 0 Å². The van der Waals surface area contributed by atoms with Crippen LogP contribution in [0.5, 0.6) is 0 Å². The van der Waals surface area contributed by atoms with Crippen molar-refractivity contribution >= 4 is 131 Å². The molecule has 0 spiro atoms. The summed E-state index contributed by atoms with van der Waals surface area (Å²) >= 11 is 1.72. The van der Waals surface area contributed by atoms with Crippen molar-refractivity contribution in [2.24, 2.45) is 0 Å². The number of nitrogens with zero attached hydrogens (tertiary/aromatic N) is 2. The summed E-state index contributed by atoms with van der Waals surface area (Å²) in [5.74, 6) is -0.713. The van der Waals surface area contributed by atoms with Gasteiger partial charge in [0.05, 0.1) is 22.7 Å². The van der Waals surface area contributed by atoms with Crippen LogP contribution in [0.25, 0.3) is 130 Å². The number of halogens is 2. The van der Waals surface area contributed by atoms with Crippen LogP contribution >= 0.6 is 11.3 Å². The zero-order chi connectivity index (χ0) is 57.7. The number of para-hydroxylation sites is 4. The number of thiophene rings is 1. The van der Waals surface area contributed by atoms with Crippen LogP contribution < -0.4 is 9.80 Å². The van der Waals surface area contributed by atoms with E-state index in [2.05, 4.69) is 109 Å². The standard InChI is InChI=1S/C80H48F2N2O2S/c81-76-65(51-25-9-3-10-26-51)43-53(49-21-5-1-6-22-49)45-70(76)83(68-35-19-33-61-58-30-15-17-37-72(58)85-78(61)68)55-39-41-63-67(47-55)57-29-13-14-32-60(57)75-64-42-40-56(48-74(64)87-80(63)75)84(69-36-20-34-62-59-31-16-18-38-73(59)86-79(62)69)71-46-54(50-23-7-2-8-24-50)44-66(77(71)82)52-27-11-4-12-28-52/h1-48H. The molecular formula is C80H48F2N2O2S. The number of furan rings is 2. The first kappa shape index (κ1) is 50.4. The number of anilines is 6. The van der Waals surface area contributed by atoms with Gasteiger partial charge in [0.1, 0.15) is 11.2 Å². The maximum Gasteiger partial charge on any atom is 0.159 e. The third-order valence-corrected chi connectivity index (χ3v) is 18.3. The van der Waals surface area contributed by atoms with Gasteiger partial charge >= 0.3 is 0 Å². The highest BCUT2D eigenvalue weighted by Gasteiger charge is 2.29. The Balaban J connectivity index is 0.905. The number of fused-ring (bicyclic) bond motifs is 14. The number of hydrogen-bond acceptors (Lipinski definition) is 5. The zero-order valence-electron chi connectivity index (χ0n) is 46.6. The van der Waals surface area contributed by atoms with E-state index in [9.17, 15) is 0 Å².